The smallest absolute Gasteiger partial charge is 0.239 e. The minimum absolute atomic E-state index is 0.0408. The van der Waals surface area contributed by atoms with Gasteiger partial charge in [0.2, 0.25) is 5.91 Å². The first-order chi connectivity index (χ1) is 6.52. The Bertz CT molecular complexity index is 245. The van der Waals surface area contributed by atoms with Crippen LogP contribution in [0, 0.1) is 0 Å². The van der Waals surface area contributed by atoms with E-state index in [1.165, 1.54) is 0 Å². The highest BCUT2D eigenvalue weighted by Crippen LogP contribution is 2.11. The van der Waals surface area contributed by atoms with Gasteiger partial charge in [-0.3, -0.25) is 9.00 Å². The number of rotatable bonds is 4. The number of nitrogens with zero attached hydrogens (tertiary/aromatic N) is 1. The summed E-state index contributed by atoms with van der Waals surface area (Å²) < 4.78 is 11.1. The van der Waals surface area contributed by atoms with Gasteiger partial charge in [0.25, 0.3) is 0 Å². The van der Waals surface area contributed by atoms with Crippen molar-refractivity contribution >= 4 is 16.7 Å². The van der Waals surface area contributed by atoms with Gasteiger partial charge in [-0.1, -0.05) is 6.92 Å². The Morgan fingerprint density at radius 1 is 1.71 bits per heavy atom. The summed E-state index contributed by atoms with van der Waals surface area (Å²) in [4.78, 5) is 13.2. The molecule has 82 valence electrons. The maximum atomic E-state index is 11.4. The van der Waals surface area contributed by atoms with Crippen LogP contribution in [0.15, 0.2) is 0 Å². The van der Waals surface area contributed by atoms with E-state index in [4.69, 9.17) is 5.73 Å². The van der Waals surface area contributed by atoms with E-state index in [1.54, 1.807) is 11.2 Å². The van der Waals surface area contributed by atoms with Crippen molar-refractivity contribution < 1.29 is 9.00 Å². The molecule has 1 amide bonds. The van der Waals surface area contributed by atoms with Gasteiger partial charge in [0.05, 0.1) is 6.04 Å². The van der Waals surface area contributed by atoms with Crippen LogP contribution in [0.4, 0.5) is 0 Å². The predicted octanol–water partition coefficient (Wildman–Crippen LogP) is -0.297. The number of hydrogen-bond acceptors (Lipinski definition) is 3. The Hall–Kier alpha value is -0.420. The molecular formula is C9H18N2O2S. The van der Waals surface area contributed by atoms with Crippen LogP contribution in [-0.2, 0) is 15.6 Å². The van der Waals surface area contributed by atoms with Crippen LogP contribution in [-0.4, -0.2) is 45.7 Å². The van der Waals surface area contributed by atoms with Gasteiger partial charge < -0.3 is 10.6 Å². The summed E-state index contributed by atoms with van der Waals surface area (Å²) in [5, 5.41) is 0.152. The molecule has 0 aromatic rings. The summed E-state index contributed by atoms with van der Waals surface area (Å²) in [6, 6.07) is -0.308. The molecule has 1 fully saturated rings. The monoisotopic (exact) mass is 218 g/mol. The van der Waals surface area contributed by atoms with E-state index in [1.807, 2.05) is 6.92 Å². The van der Waals surface area contributed by atoms with Crippen LogP contribution in [0.25, 0.3) is 0 Å². The Kier molecular flexibility index (Phi) is 4.07. The molecule has 2 N–H and O–H groups in total. The number of hydrogen-bond donors (Lipinski definition) is 1. The summed E-state index contributed by atoms with van der Waals surface area (Å²) in [7, 11) is -0.800. The quantitative estimate of drug-likeness (QED) is 0.705. The van der Waals surface area contributed by atoms with Crippen molar-refractivity contribution in [1.29, 1.82) is 0 Å². The number of carbonyl (C=O) groups is 1. The molecule has 0 saturated carbocycles. The number of likely N-dealkylation sites (tertiary alicyclic amines) is 1. The number of nitrogens with two attached hydrogens (primary N) is 1. The fourth-order valence-electron chi connectivity index (χ4n) is 1.49. The van der Waals surface area contributed by atoms with Gasteiger partial charge in [-0.2, -0.15) is 0 Å². The Morgan fingerprint density at radius 2 is 2.36 bits per heavy atom. The van der Waals surface area contributed by atoms with Crippen molar-refractivity contribution in [2.75, 3.05) is 19.3 Å². The van der Waals surface area contributed by atoms with Gasteiger partial charge in [0.1, 0.15) is 0 Å². The lowest BCUT2D eigenvalue weighted by Gasteiger charge is -2.17. The minimum Gasteiger partial charge on any atom is -0.341 e. The average Bonchev–Trinajstić information content (AvgIpc) is 2.44. The van der Waals surface area contributed by atoms with Crippen molar-refractivity contribution in [2.45, 2.75) is 31.1 Å². The molecule has 0 radical (unpaired) electrons. The third-order valence-electron chi connectivity index (χ3n) is 2.71. The van der Waals surface area contributed by atoms with Crippen molar-refractivity contribution in [1.82, 2.24) is 4.90 Å². The van der Waals surface area contributed by atoms with E-state index >= 15 is 0 Å². The second kappa shape index (κ2) is 4.89. The van der Waals surface area contributed by atoms with E-state index in [2.05, 4.69) is 0 Å². The van der Waals surface area contributed by atoms with E-state index in [0.29, 0.717) is 6.54 Å². The summed E-state index contributed by atoms with van der Waals surface area (Å²) in [5.41, 5.74) is 5.58. The second-order valence-electron chi connectivity index (χ2n) is 3.82. The summed E-state index contributed by atoms with van der Waals surface area (Å²) >= 11 is 0. The van der Waals surface area contributed by atoms with E-state index < -0.39 is 10.8 Å². The highest BCUT2D eigenvalue weighted by molar-refractivity contribution is 7.84. The Morgan fingerprint density at radius 3 is 2.79 bits per heavy atom. The molecule has 1 aliphatic rings. The summed E-state index contributed by atoms with van der Waals surface area (Å²) in [6.45, 7) is 3.38. The SMILES string of the molecule is CC(CCN1CCC(N)C1=O)S(C)=O. The summed E-state index contributed by atoms with van der Waals surface area (Å²) in [5.74, 6) is 0.0408. The largest absolute Gasteiger partial charge is 0.341 e. The van der Waals surface area contributed by atoms with Crippen LogP contribution >= 0.6 is 0 Å². The second-order valence-corrected chi connectivity index (χ2v) is 5.62. The van der Waals surface area contributed by atoms with E-state index in [-0.39, 0.29) is 17.2 Å². The molecule has 3 atom stereocenters. The van der Waals surface area contributed by atoms with E-state index in [0.717, 1.165) is 19.4 Å². The lowest BCUT2D eigenvalue weighted by molar-refractivity contribution is -0.128. The normalized spacial score (nSPS) is 26.6. The lowest BCUT2D eigenvalue weighted by atomic mass is 10.3. The molecule has 0 aromatic carbocycles. The molecule has 0 bridgehead atoms. The molecule has 1 saturated heterocycles. The van der Waals surface area contributed by atoms with Crippen LogP contribution in [0.3, 0.4) is 0 Å². The zero-order chi connectivity index (χ0) is 10.7. The first-order valence-corrected chi connectivity index (χ1v) is 6.51. The van der Waals surface area contributed by atoms with Gasteiger partial charge in [0.15, 0.2) is 0 Å². The molecule has 5 heteroatoms. The lowest BCUT2D eigenvalue weighted by Crippen LogP contribution is -2.35. The molecular weight excluding hydrogens is 200 g/mol. The van der Waals surface area contributed by atoms with Crippen LogP contribution in [0.5, 0.6) is 0 Å². The first kappa shape index (κ1) is 11.7. The molecule has 1 rings (SSSR count). The summed E-state index contributed by atoms with van der Waals surface area (Å²) in [6.07, 6.45) is 3.24. The highest BCUT2D eigenvalue weighted by Gasteiger charge is 2.28. The average molecular weight is 218 g/mol. The van der Waals surface area contributed by atoms with Crippen molar-refractivity contribution in [2.24, 2.45) is 5.73 Å². The van der Waals surface area contributed by atoms with Crippen LogP contribution < -0.4 is 5.73 Å². The van der Waals surface area contributed by atoms with Crippen LogP contribution in [0.1, 0.15) is 19.8 Å². The fraction of sp³-hybridized carbons (Fsp3) is 0.889. The molecule has 0 aliphatic carbocycles. The van der Waals surface area contributed by atoms with Gasteiger partial charge in [-0.15, -0.1) is 0 Å². The maximum Gasteiger partial charge on any atom is 0.239 e. The molecule has 3 unspecified atom stereocenters. The maximum absolute atomic E-state index is 11.4. The van der Waals surface area contributed by atoms with Crippen molar-refractivity contribution in [3.63, 3.8) is 0 Å². The molecule has 1 heterocycles. The standard InChI is InChI=1S/C9H18N2O2S/c1-7(14(2)13)3-5-11-6-4-8(10)9(11)12/h7-8H,3-6,10H2,1-2H3. The minimum atomic E-state index is -0.800. The van der Waals surface area contributed by atoms with Gasteiger partial charge in [-0.05, 0) is 12.8 Å². The third kappa shape index (κ3) is 2.78. The number of amides is 1. The Labute approximate surface area is 87.3 Å². The zero-order valence-corrected chi connectivity index (χ0v) is 9.55. The fourth-order valence-corrected chi connectivity index (χ4v) is 1.93. The third-order valence-corrected chi connectivity index (χ3v) is 4.08. The highest BCUT2D eigenvalue weighted by atomic mass is 32.2. The van der Waals surface area contributed by atoms with Gasteiger partial charge in [-0.25, -0.2) is 0 Å². The van der Waals surface area contributed by atoms with Crippen molar-refractivity contribution in [3.05, 3.63) is 0 Å². The molecule has 0 spiro atoms. The zero-order valence-electron chi connectivity index (χ0n) is 8.73. The topological polar surface area (TPSA) is 63.4 Å². The van der Waals surface area contributed by atoms with Gasteiger partial charge in [0, 0.05) is 35.4 Å². The van der Waals surface area contributed by atoms with Gasteiger partial charge >= 0.3 is 0 Å². The van der Waals surface area contributed by atoms with E-state index in [9.17, 15) is 9.00 Å². The first-order valence-electron chi connectivity index (χ1n) is 4.89. The number of carbonyl (C=O) groups excluding carboxylic acids is 1. The molecule has 4 nitrogen and oxygen atoms in total. The van der Waals surface area contributed by atoms with Crippen molar-refractivity contribution in [3.8, 4) is 0 Å². The van der Waals surface area contributed by atoms with Crippen LogP contribution in [0.2, 0.25) is 0 Å². The molecule has 1 aliphatic heterocycles. The molecule has 14 heavy (non-hydrogen) atoms. The Balaban J connectivity index is 2.32. The predicted molar refractivity (Wildman–Crippen MR) is 57.3 cm³/mol. The molecule has 0 aromatic heterocycles.